The van der Waals surface area contributed by atoms with Crippen molar-refractivity contribution in [3.63, 3.8) is 0 Å². The molecule has 0 spiro atoms. The molecule has 0 aliphatic carbocycles. The molecule has 0 aromatic heterocycles. The Morgan fingerprint density at radius 2 is 0.400 bits per heavy atom. The summed E-state index contributed by atoms with van der Waals surface area (Å²) in [6, 6.07) is 0. The molecule has 0 aromatic rings. The van der Waals surface area contributed by atoms with Crippen LogP contribution in [0, 0.1) is 7.43 Å². The third kappa shape index (κ3) is 508. The van der Waals surface area contributed by atoms with Crippen LogP contribution in [0.4, 0.5) is 0 Å². The van der Waals surface area contributed by atoms with Crippen LogP contribution in [0.15, 0.2) is 0 Å². The van der Waals surface area contributed by atoms with Gasteiger partial charge >= 0.3 is 7.43 Å². The maximum Gasteiger partial charge on any atom is 4.00 e. The van der Waals surface area contributed by atoms with Gasteiger partial charge in [0.1, 0.15) is 0 Å². The van der Waals surface area contributed by atoms with Crippen LogP contribution in [-0.4, -0.2) is 21.9 Å². The minimum absolute atomic E-state index is 0. The number of hydrogen-bond donors (Lipinski definition) is 0. The fourth-order valence-corrected chi connectivity index (χ4v) is 0. The molecule has 0 aromatic carbocycles. The molecule has 0 radical (unpaired) electrons. The summed E-state index contributed by atoms with van der Waals surface area (Å²) in [6.45, 7) is 0. The largest absolute Gasteiger partial charge is 4.00 e. The second-order valence-electron chi connectivity index (χ2n) is 0. The topological polar surface area (TPSA) is 120 Å². The van der Waals surface area contributed by atoms with Crippen LogP contribution >= 0.6 is 0 Å². The van der Waals surface area contributed by atoms with Gasteiger partial charge < -0.3 is 21.9 Å². The molecular formula is CH4O4. The van der Waals surface area contributed by atoms with Gasteiger partial charge in [0.05, 0.1) is 0 Å². The normalized spacial score (nSPS) is 0. The Balaban J connectivity index is 0. The summed E-state index contributed by atoms with van der Waals surface area (Å²) in [7, 11) is 0. The molecule has 4 N–H and O–H groups in total. The molecule has 32 valence electrons. The maximum absolute atomic E-state index is 0. The first-order valence-corrected chi connectivity index (χ1v) is 0. The molecule has 0 bridgehead atoms. The van der Waals surface area contributed by atoms with Gasteiger partial charge in [-0.05, 0) is 0 Å². The molecule has 0 atom stereocenters. The summed E-state index contributed by atoms with van der Waals surface area (Å²) < 4.78 is 0. The molecule has 0 saturated carbocycles. The average molecular weight is 80.0 g/mol. The standard InChI is InChI=1S/C.4H2O/h;4*1H2/q+4;;;;/p-4. The van der Waals surface area contributed by atoms with Crippen molar-refractivity contribution >= 4 is 0 Å². The molecule has 5 heavy (non-hydrogen) atoms. The van der Waals surface area contributed by atoms with Crippen LogP contribution in [0.3, 0.4) is 0 Å². The second-order valence-corrected chi connectivity index (χ2v) is 0. The van der Waals surface area contributed by atoms with E-state index in [9.17, 15) is 0 Å². The van der Waals surface area contributed by atoms with Crippen LogP contribution in [0.1, 0.15) is 0 Å². The predicted molar refractivity (Wildman–Crippen MR) is 11.0 cm³/mol. The monoisotopic (exact) mass is 80.0 g/mol. The van der Waals surface area contributed by atoms with Crippen molar-refractivity contribution in [2.75, 3.05) is 0 Å². The molecule has 0 saturated heterocycles. The Hall–Kier alpha value is -0.160. The number of hydrogen-bond acceptors (Lipinski definition) is 4. The van der Waals surface area contributed by atoms with E-state index in [0.717, 1.165) is 0 Å². The van der Waals surface area contributed by atoms with Gasteiger partial charge in [-0.2, -0.15) is 0 Å². The van der Waals surface area contributed by atoms with Gasteiger partial charge in [-0.15, -0.1) is 0 Å². The van der Waals surface area contributed by atoms with E-state index in [-0.39, 0.29) is 29.3 Å². The van der Waals surface area contributed by atoms with Crippen LogP contribution in [0.25, 0.3) is 0 Å². The van der Waals surface area contributed by atoms with Gasteiger partial charge in [-0.3, -0.25) is 0 Å². The minimum atomic E-state index is 0. The van der Waals surface area contributed by atoms with E-state index in [0.29, 0.717) is 0 Å². The molecule has 4 heteroatoms. The van der Waals surface area contributed by atoms with Gasteiger partial charge in [0.2, 0.25) is 0 Å². The average Bonchev–Trinajstić information content (AvgIpc) is 0. The van der Waals surface area contributed by atoms with Gasteiger partial charge in [-0.1, -0.05) is 0 Å². The first-order valence-electron chi connectivity index (χ1n) is 0. The van der Waals surface area contributed by atoms with Gasteiger partial charge in [0.15, 0.2) is 0 Å². The Morgan fingerprint density at radius 1 is 0.400 bits per heavy atom. The number of rotatable bonds is 0. The molecular weight excluding hydrogens is 76.0 g/mol. The van der Waals surface area contributed by atoms with Crippen molar-refractivity contribution in [2.24, 2.45) is 0 Å². The van der Waals surface area contributed by atoms with Crippen molar-refractivity contribution in [1.82, 2.24) is 0 Å². The SMILES string of the molecule is [C+4].[OH-].[OH-].[OH-].[OH-]. The zero-order valence-corrected chi connectivity index (χ0v) is 2.29. The summed E-state index contributed by atoms with van der Waals surface area (Å²) in [5.41, 5.74) is 0. The second kappa shape index (κ2) is 1210. The van der Waals surface area contributed by atoms with Crippen LogP contribution in [0.2, 0.25) is 0 Å². The summed E-state index contributed by atoms with van der Waals surface area (Å²) in [6.07, 6.45) is 0. The Morgan fingerprint density at radius 3 is 0.400 bits per heavy atom. The van der Waals surface area contributed by atoms with Gasteiger partial charge in [-0.25, -0.2) is 0 Å². The maximum atomic E-state index is 0. The molecule has 0 aliphatic rings. The summed E-state index contributed by atoms with van der Waals surface area (Å²) in [5, 5.41) is 0. The zero-order valence-electron chi connectivity index (χ0n) is 2.29. The molecule has 4 nitrogen and oxygen atoms in total. The Kier molecular flexibility index (Phi) is 675000. The van der Waals surface area contributed by atoms with Crippen molar-refractivity contribution in [2.45, 2.75) is 0 Å². The zero-order chi connectivity index (χ0) is 0. The van der Waals surface area contributed by atoms with Gasteiger partial charge in [0, 0.05) is 0 Å². The van der Waals surface area contributed by atoms with E-state index < -0.39 is 0 Å². The molecule has 0 unspecified atom stereocenters. The van der Waals surface area contributed by atoms with Crippen LogP contribution in [0.5, 0.6) is 0 Å². The molecule has 0 fully saturated rings. The summed E-state index contributed by atoms with van der Waals surface area (Å²) >= 11 is 0. The van der Waals surface area contributed by atoms with E-state index in [1.54, 1.807) is 0 Å². The van der Waals surface area contributed by atoms with Crippen molar-refractivity contribution in [3.05, 3.63) is 7.43 Å². The fourth-order valence-electron chi connectivity index (χ4n) is 0. The molecule has 0 rings (SSSR count). The fraction of sp³-hybridized carbons (Fsp3) is 0. The summed E-state index contributed by atoms with van der Waals surface area (Å²) in [5.74, 6) is 0. The van der Waals surface area contributed by atoms with E-state index in [4.69, 9.17) is 0 Å². The van der Waals surface area contributed by atoms with E-state index in [1.165, 1.54) is 0 Å². The van der Waals surface area contributed by atoms with E-state index in [2.05, 4.69) is 0 Å². The van der Waals surface area contributed by atoms with Crippen molar-refractivity contribution < 1.29 is 21.9 Å². The first kappa shape index (κ1) is 2790. The predicted octanol–water partition coefficient (Wildman–Crippen LogP) is -0.626. The van der Waals surface area contributed by atoms with Crippen molar-refractivity contribution in [3.8, 4) is 0 Å². The van der Waals surface area contributed by atoms with Gasteiger partial charge in [0.25, 0.3) is 0 Å². The minimum Gasteiger partial charge on any atom is -0.870 e. The molecule has 0 heterocycles. The van der Waals surface area contributed by atoms with Crippen molar-refractivity contribution in [1.29, 1.82) is 0 Å². The van der Waals surface area contributed by atoms with Crippen LogP contribution in [-0.2, 0) is 0 Å². The smallest absolute Gasteiger partial charge is 0.870 e. The van der Waals surface area contributed by atoms with Crippen LogP contribution < -0.4 is 0 Å². The molecule has 0 aliphatic heterocycles. The van der Waals surface area contributed by atoms with E-state index >= 15 is 0 Å². The third-order valence-corrected chi connectivity index (χ3v) is 0. The first-order chi connectivity index (χ1) is 0. The Bertz CT molecular complexity index is 3.61. The Labute approximate surface area is 30.7 Å². The molecule has 0 amide bonds. The third-order valence-electron chi connectivity index (χ3n) is 0. The quantitative estimate of drug-likeness (QED) is 0.384. The van der Waals surface area contributed by atoms with E-state index in [1.807, 2.05) is 0 Å². The summed E-state index contributed by atoms with van der Waals surface area (Å²) in [4.78, 5) is 0.